The van der Waals surface area contributed by atoms with E-state index in [0.717, 1.165) is 6.42 Å². The van der Waals surface area contributed by atoms with E-state index in [4.69, 9.17) is 0 Å². The highest BCUT2D eigenvalue weighted by molar-refractivity contribution is 5.16. The van der Waals surface area contributed by atoms with Crippen molar-refractivity contribution >= 4 is 0 Å². The quantitative estimate of drug-likeness (QED) is 0.756. The molecule has 0 spiro atoms. The zero-order valence-corrected chi connectivity index (χ0v) is 8.25. The largest absolute Gasteiger partial charge is 0.308 e. The first-order chi connectivity index (χ1) is 6.88. The average Bonchev–Trinajstić information content (AvgIpc) is 3.02. The maximum Gasteiger partial charge on any atom is 0.105 e. The SMILES string of the molecule is FCC(Cc1ccccc1)NC1CC1. The van der Waals surface area contributed by atoms with Crippen LogP contribution in [-0.2, 0) is 6.42 Å². The van der Waals surface area contributed by atoms with Crippen LogP contribution in [0.1, 0.15) is 18.4 Å². The minimum Gasteiger partial charge on any atom is -0.308 e. The summed E-state index contributed by atoms with van der Waals surface area (Å²) in [6.07, 6.45) is 3.23. The van der Waals surface area contributed by atoms with Crippen molar-refractivity contribution < 1.29 is 4.39 Å². The lowest BCUT2D eigenvalue weighted by molar-refractivity contribution is 0.370. The molecule has 0 aliphatic heterocycles. The molecule has 0 amide bonds. The summed E-state index contributed by atoms with van der Waals surface area (Å²) in [5.74, 6) is 0. The highest BCUT2D eigenvalue weighted by Crippen LogP contribution is 2.20. The maximum atomic E-state index is 12.7. The van der Waals surface area contributed by atoms with Gasteiger partial charge in [-0.25, -0.2) is 4.39 Å². The van der Waals surface area contributed by atoms with E-state index < -0.39 is 0 Å². The van der Waals surface area contributed by atoms with Crippen LogP contribution >= 0.6 is 0 Å². The molecule has 1 atom stereocenters. The van der Waals surface area contributed by atoms with E-state index in [1.54, 1.807) is 0 Å². The van der Waals surface area contributed by atoms with Gasteiger partial charge in [0, 0.05) is 12.1 Å². The molecule has 0 bridgehead atoms. The Labute approximate surface area is 84.3 Å². The predicted octanol–water partition coefficient (Wildman–Crippen LogP) is 2.32. The van der Waals surface area contributed by atoms with Crippen LogP contribution in [0.3, 0.4) is 0 Å². The Morgan fingerprint density at radius 3 is 2.57 bits per heavy atom. The van der Waals surface area contributed by atoms with Crippen LogP contribution in [0.2, 0.25) is 0 Å². The molecule has 14 heavy (non-hydrogen) atoms. The molecule has 0 heterocycles. The molecule has 1 fully saturated rings. The molecule has 76 valence electrons. The topological polar surface area (TPSA) is 12.0 Å². The molecular weight excluding hydrogens is 177 g/mol. The van der Waals surface area contributed by atoms with Crippen molar-refractivity contribution in [2.45, 2.75) is 31.3 Å². The predicted molar refractivity (Wildman–Crippen MR) is 56.1 cm³/mol. The average molecular weight is 193 g/mol. The summed E-state index contributed by atoms with van der Waals surface area (Å²) in [4.78, 5) is 0. The van der Waals surface area contributed by atoms with E-state index >= 15 is 0 Å². The third-order valence-corrected chi connectivity index (χ3v) is 2.56. The van der Waals surface area contributed by atoms with Gasteiger partial charge in [0.15, 0.2) is 0 Å². The second kappa shape index (κ2) is 4.56. The second-order valence-corrected chi connectivity index (χ2v) is 3.98. The van der Waals surface area contributed by atoms with E-state index in [-0.39, 0.29) is 12.7 Å². The van der Waals surface area contributed by atoms with Crippen molar-refractivity contribution in [2.75, 3.05) is 6.67 Å². The Bertz CT molecular complexity index is 269. The maximum absolute atomic E-state index is 12.7. The van der Waals surface area contributed by atoms with Gasteiger partial charge in [-0.15, -0.1) is 0 Å². The first-order valence-corrected chi connectivity index (χ1v) is 5.24. The van der Waals surface area contributed by atoms with Crippen molar-refractivity contribution in [3.63, 3.8) is 0 Å². The van der Waals surface area contributed by atoms with Gasteiger partial charge >= 0.3 is 0 Å². The third-order valence-electron chi connectivity index (χ3n) is 2.56. The monoisotopic (exact) mass is 193 g/mol. The van der Waals surface area contributed by atoms with E-state index in [2.05, 4.69) is 17.4 Å². The molecule has 1 aromatic carbocycles. The highest BCUT2D eigenvalue weighted by atomic mass is 19.1. The Balaban J connectivity index is 1.87. The fourth-order valence-electron chi connectivity index (χ4n) is 1.64. The first-order valence-electron chi connectivity index (χ1n) is 5.24. The smallest absolute Gasteiger partial charge is 0.105 e. The third kappa shape index (κ3) is 2.81. The van der Waals surface area contributed by atoms with Crippen LogP contribution in [0.25, 0.3) is 0 Å². The van der Waals surface area contributed by atoms with Crippen LogP contribution < -0.4 is 5.32 Å². The fourth-order valence-corrected chi connectivity index (χ4v) is 1.64. The van der Waals surface area contributed by atoms with Crippen molar-refractivity contribution in [1.29, 1.82) is 0 Å². The van der Waals surface area contributed by atoms with Crippen LogP contribution in [-0.4, -0.2) is 18.8 Å². The minimum absolute atomic E-state index is 0.00454. The lowest BCUT2D eigenvalue weighted by atomic mass is 10.1. The lowest BCUT2D eigenvalue weighted by Gasteiger charge is -2.14. The molecule has 1 saturated carbocycles. The van der Waals surface area contributed by atoms with Gasteiger partial charge in [-0.1, -0.05) is 30.3 Å². The van der Waals surface area contributed by atoms with Gasteiger partial charge in [-0.3, -0.25) is 0 Å². The van der Waals surface area contributed by atoms with Crippen LogP contribution in [0.4, 0.5) is 4.39 Å². The minimum atomic E-state index is -0.272. The summed E-state index contributed by atoms with van der Waals surface area (Å²) in [5, 5.41) is 3.31. The number of hydrogen-bond donors (Lipinski definition) is 1. The number of nitrogens with one attached hydrogen (secondary N) is 1. The fraction of sp³-hybridized carbons (Fsp3) is 0.500. The molecule has 1 nitrogen and oxygen atoms in total. The van der Waals surface area contributed by atoms with E-state index in [0.29, 0.717) is 6.04 Å². The molecule has 1 N–H and O–H groups in total. The number of halogens is 1. The van der Waals surface area contributed by atoms with Crippen molar-refractivity contribution in [2.24, 2.45) is 0 Å². The molecule has 1 aromatic rings. The number of rotatable bonds is 5. The Morgan fingerprint density at radius 2 is 2.00 bits per heavy atom. The van der Waals surface area contributed by atoms with E-state index in [1.807, 2.05) is 18.2 Å². The van der Waals surface area contributed by atoms with E-state index in [1.165, 1.54) is 18.4 Å². The highest BCUT2D eigenvalue weighted by Gasteiger charge is 2.24. The molecule has 1 unspecified atom stereocenters. The normalized spacial score (nSPS) is 18.1. The molecule has 0 saturated heterocycles. The van der Waals surface area contributed by atoms with Gasteiger partial charge in [-0.05, 0) is 24.8 Å². The molecular formula is C12H16FN. The van der Waals surface area contributed by atoms with Crippen molar-refractivity contribution in [1.82, 2.24) is 5.32 Å². The van der Waals surface area contributed by atoms with Gasteiger partial charge in [0.1, 0.15) is 6.67 Å². The molecule has 2 rings (SSSR count). The van der Waals surface area contributed by atoms with Crippen LogP contribution in [0.5, 0.6) is 0 Å². The van der Waals surface area contributed by atoms with Crippen molar-refractivity contribution in [3.8, 4) is 0 Å². The summed E-state index contributed by atoms with van der Waals surface area (Å²) < 4.78 is 12.7. The molecule has 0 radical (unpaired) electrons. The standard InChI is InChI=1S/C12H16FN/c13-9-12(14-11-6-7-11)8-10-4-2-1-3-5-10/h1-5,11-12,14H,6-9H2. The van der Waals surface area contributed by atoms with Crippen molar-refractivity contribution in [3.05, 3.63) is 35.9 Å². The van der Waals surface area contributed by atoms with Crippen LogP contribution in [0.15, 0.2) is 30.3 Å². The summed E-state index contributed by atoms with van der Waals surface area (Å²) in [5.41, 5.74) is 1.21. The van der Waals surface area contributed by atoms with Gasteiger partial charge in [0.25, 0.3) is 0 Å². The Morgan fingerprint density at radius 1 is 1.29 bits per heavy atom. The first kappa shape index (κ1) is 9.66. The molecule has 2 heteroatoms. The molecule has 1 aliphatic carbocycles. The zero-order valence-electron chi connectivity index (χ0n) is 8.25. The number of hydrogen-bond acceptors (Lipinski definition) is 1. The summed E-state index contributed by atoms with van der Waals surface area (Å²) >= 11 is 0. The summed E-state index contributed by atoms with van der Waals surface area (Å²) in [7, 11) is 0. The Hall–Kier alpha value is -0.890. The number of alkyl halides is 1. The molecule has 0 aromatic heterocycles. The van der Waals surface area contributed by atoms with Gasteiger partial charge in [-0.2, -0.15) is 0 Å². The summed E-state index contributed by atoms with van der Waals surface area (Å²) in [6, 6.07) is 10.7. The number of benzene rings is 1. The second-order valence-electron chi connectivity index (χ2n) is 3.98. The van der Waals surface area contributed by atoms with Gasteiger partial charge < -0.3 is 5.32 Å². The van der Waals surface area contributed by atoms with E-state index in [9.17, 15) is 4.39 Å². The van der Waals surface area contributed by atoms with Crippen LogP contribution in [0, 0.1) is 0 Å². The molecule has 1 aliphatic rings. The van der Waals surface area contributed by atoms with Gasteiger partial charge in [0.2, 0.25) is 0 Å². The zero-order chi connectivity index (χ0) is 9.80. The van der Waals surface area contributed by atoms with Gasteiger partial charge in [0.05, 0.1) is 0 Å². The lowest BCUT2D eigenvalue weighted by Crippen LogP contribution is -2.34. The summed E-state index contributed by atoms with van der Waals surface area (Å²) in [6.45, 7) is -0.272. The Kier molecular flexibility index (Phi) is 3.14.